The van der Waals surface area contributed by atoms with Crippen LogP contribution in [0.5, 0.6) is 0 Å². The largest absolute Gasteiger partial charge is 0.465 e. The predicted molar refractivity (Wildman–Crippen MR) is 73.6 cm³/mol. The molecule has 1 saturated heterocycles. The van der Waals surface area contributed by atoms with Crippen LogP contribution in [0.25, 0.3) is 0 Å². The van der Waals surface area contributed by atoms with Gasteiger partial charge in [-0.3, -0.25) is 0 Å². The Morgan fingerprint density at radius 3 is 2.78 bits per heavy atom. The van der Waals surface area contributed by atoms with Crippen LogP contribution < -0.4 is 5.32 Å². The quantitative estimate of drug-likeness (QED) is 0.902. The summed E-state index contributed by atoms with van der Waals surface area (Å²) in [6, 6.07) is 8.63. The molecule has 1 aliphatic heterocycles. The average Bonchev–Trinajstić information content (AvgIpc) is 2.37. The van der Waals surface area contributed by atoms with E-state index in [-0.39, 0.29) is 0 Å². The molecule has 1 heterocycles. The molecule has 0 atom stereocenters. The highest BCUT2D eigenvalue weighted by Gasteiger charge is 2.21. The fraction of sp³-hybridized carbons (Fsp3) is 0.462. The molecule has 1 aromatic rings. The van der Waals surface area contributed by atoms with Gasteiger partial charge < -0.3 is 15.3 Å². The second kappa shape index (κ2) is 6.20. The van der Waals surface area contributed by atoms with E-state index in [9.17, 15) is 4.79 Å². The molecule has 1 fully saturated rings. The van der Waals surface area contributed by atoms with Crippen LogP contribution in [0.1, 0.15) is 18.4 Å². The molecule has 5 heteroatoms. The zero-order valence-electron chi connectivity index (χ0n) is 10.1. The normalized spacial score (nSPS) is 16.8. The second-order valence-corrected chi connectivity index (χ2v) is 5.47. The van der Waals surface area contributed by atoms with Crippen molar-refractivity contribution in [2.24, 2.45) is 0 Å². The molecule has 98 valence electrons. The number of carboxylic acid groups (broad SMARTS) is 1. The molecule has 0 radical (unpaired) electrons. The third-order valence-electron chi connectivity index (χ3n) is 3.25. The van der Waals surface area contributed by atoms with Crippen molar-refractivity contribution in [3.8, 4) is 0 Å². The molecule has 0 spiro atoms. The van der Waals surface area contributed by atoms with Crippen molar-refractivity contribution in [3.05, 3.63) is 34.3 Å². The summed E-state index contributed by atoms with van der Waals surface area (Å²) in [7, 11) is 0. The van der Waals surface area contributed by atoms with Crippen LogP contribution in [0.15, 0.2) is 28.7 Å². The summed E-state index contributed by atoms with van der Waals surface area (Å²) in [6.07, 6.45) is 0.973. The molecule has 0 unspecified atom stereocenters. The van der Waals surface area contributed by atoms with Crippen molar-refractivity contribution in [1.29, 1.82) is 0 Å². The van der Waals surface area contributed by atoms with E-state index in [0.717, 1.165) is 23.9 Å². The maximum atomic E-state index is 10.8. The van der Waals surface area contributed by atoms with Crippen molar-refractivity contribution >= 4 is 22.0 Å². The lowest BCUT2D eigenvalue weighted by Gasteiger charge is -2.30. The number of rotatable bonds is 3. The smallest absolute Gasteiger partial charge is 0.407 e. The van der Waals surface area contributed by atoms with Gasteiger partial charge in [-0.1, -0.05) is 28.1 Å². The lowest BCUT2D eigenvalue weighted by Crippen LogP contribution is -2.44. The second-order valence-electron chi connectivity index (χ2n) is 4.55. The molecule has 1 aliphatic rings. The minimum absolute atomic E-state index is 0.416. The van der Waals surface area contributed by atoms with Crippen LogP contribution in [0.2, 0.25) is 0 Å². The summed E-state index contributed by atoms with van der Waals surface area (Å²) in [5, 5.41) is 12.3. The predicted octanol–water partition coefficient (Wildman–Crippen LogP) is 2.68. The maximum absolute atomic E-state index is 10.8. The SMILES string of the molecule is O=C(O)N1CCC(NCc2cccc(Br)c2)CC1. The topological polar surface area (TPSA) is 52.6 Å². The van der Waals surface area contributed by atoms with E-state index in [1.165, 1.54) is 10.5 Å². The van der Waals surface area contributed by atoms with Gasteiger partial charge in [-0.15, -0.1) is 0 Å². The first-order valence-electron chi connectivity index (χ1n) is 6.11. The Labute approximate surface area is 115 Å². The first kappa shape index (κ1) is 13.4. The van der Waals surface area contributed by atoms with Crippen LogP contribution in [0, 0.1) is 0 Å². The summed E-state index contributed by atoms with van der Waals surface area (Å²) < 4.78 is 1.09. The van der Waals surface area contributed by atoms with Crippen LogP contribution in [0.3, 0.4) is 0 Å². The van der Waals surface area contributed by atoms with E-state index >= 15 is 0 Å². The van der Waals surface area contributed by atoms with Crippen molar-refractivity contribution in [2.45, 2.75) is 25.4 Å². The van der Waals surface area contributed by atoms with Crippen LogP contribution >= 0.6 is 15.9 Å². The van der Waals surface area contributed by atoms with E-state index in [1.54, 1.807) is 0 Å². The Bertz CT molecular complexity index is 417. The van der Waals surface area contributed by atoms with E-state index in [1.807, 2.05) is 12.1 Å². The third-order valence-corrected chi connectivity index (χ3v) is 3.74. The number of benzene rings is 1. The lowest BCUT2D eigenvalue weighted by molar-refractivity contribution is 0.129. The number of piperidine rings is 1. The van der Waals surface area contributed by atoms with Gasteiger partial charge in [0.1, 0.15) is 0 Å². The van der Waals surface area contributed by atoms with E-state index < -0.39 is 6.09 Å². The molecular formula is C13H17BrN2O2. The monoisotopic (exact) mass is 312 g/mol. The van der Waals surface area contributed by atoms with Gasteiger partial charge in [0, 0.05) is 30.1 Å². The third kappa shape index (κ3) is 3.71. The Balaban J connectivity index is 1.77. The molecule has 2 N–H and O–H groups in total. The van der Waals surface area contributed by atoms with Gasteiger partial charge in [0.2, 0.25) is 0 Å². The highest BCUT2D eigenvalue weighted by atomic mass is 79.9. The van der Waals surface area contributed by atoms with Crippen molar-refractivity contribution < 1.29 is 9.90 Å². The number of halogens is 1. The Hall–Kier alpha value is -1.07. The van der Waals surface area contributed by atoms with Crippen molar-refractivity contribution in [3.63, 3.8) is 0 Å². The standard InChI is InChI=1S/C13H17BrN2O2/c14-11-3-1-2-10(8-11)9-15-12-4-6-16(7-5-12)13(17)18/h1-3,8,12,15H,4-7,9H2,(H,17,18). The van der Waals surface area contributed by atoms with Gasteiger partial charge in [0.25, 0.3) is 0 Å². The fourth-order valence-corrected chi connectivity index (χ4v) is 2.63. The van der Waals surface area contributed by atoms with E-state index in [4.69, 9.17) is 5.11 Å². The molecule has 18 heavy (non-hydrogen) atoms. The zero-order chi connectivity index (χ0) is 13.0. The van der Waals surface area contributed by atoms with Gasteiger partial charge in [0.05, 0.1) is 0 Å². The number of nitrogens with one attached hydrogen (secondary N) is 1. The average molecular weight is 313 g/mol. The molecule has 0 bridgehead atoms. The number of nitrogens with zero attached hydrogens (tertiary/aromatic N) is 1. The highest BCUT2D eigenvalue weighted by Crippen LogP contribution is 2.14. The molecule has 0 aliphatic carbocycles. The minimum atomic E-state index is -0.805. The summed E-state index contributed by atoms with van der Waals surface area (Å²) in [5.74, 6) is 0. The Morgan fingerprint density at radius 1 is 1.44 bits per heavy atom. The molecule has 1 amide bonds. The van der Waals surface area contributed by atoms with Gasteiger partial charge in [-0.25, -0.2) is 4.79 Å². The van der Waals surface area contributed by atoms with Gasteiger partial charge in [0.15, 0.2) is 0 Å². The van der Waals surface area contributed by atoms with Gasteiger partial charge in [-0.2, -0.15) is 0 Å². The first-order chi connectivity index (χ1) is 8.65. The number of carbonyl (C=O) groups is 1. The van der Waals surface area contributed by atoms with Crippen LogP contribution in [0.4, 0.5) is 4.79 Å². The first-order valence-corrected chi connectivity index (χ1v) is 6.90. The minimum Gasteiger partial charge on any atom is -0.465 e. The van der Waals surface area contributed by atoms with Crippen molar-refractivity contribution in [1.82, 2.24) is 10.2 Å². The molecule has 1 aromatic carbocycles. The molecule has 0 aromatic heterocycles. The number of likely N-dealkylation sites (tertiary alicyclic amines) is 1. The summed E-state index contributed by atoms with van der Waals surface area (Å²) in [5.41, 5.74) is 1.24. The molecule has 4 nitrogen and oxygen atoms in total. The van der Waals surface area contributed by atoms with Gasteiger partial charge >= 0.3 is 6.09 Å². The fourth-order valence-electron chi connectivity index (χ4n) is 2.18. The summed E-state index contributed by atoms with van der Waals surface area (Å²) >= 11 is 3.45. The highest BCUT2D eigenvalue weighted by molar-refractivity contribution is 9.10. The molecule has 2 rings (SSSR count). The summed E-state index contributed by atoms with van der Waals surface area (Å²) in [6.45, 7) is 2.09. The molecular weight excluding hydrogens is 296 g/mol. The molecule has 0 saturated carbocycles. The van der Waals surface area contributed by atoms with Crippen LogP contribution in [-0.2, 0) is 6.54 Å². The van der Waals surface area contributed by atoms with Crippen LogP contribution in [-0.4, -0.2) is 35.2 Å². The van der Waals surface area contributed by atoms with Crippen molar-refractivity contribution in [2.75, 3.05) is 13.1 Å². The number of hydrogen-bond acceptors (Lipinski definition) is 2. The van der Waals surface area contributed by atoms with Gasteiger partial charge in [-0.05, 0) is 30.5 Å². The number of hydrogen-bond donors (Lipinski definition) is 2. The van der Waals surface area contributed by atoms with E-state index in [0.29, 0.717) is 19.1 Å². The Kier molecular flexibility index (Phi) is 4.60. The number of amides is 1. The lowest BCUT2D eigenvalue weighted by atomic mass is 10.1. The van der Waals surface area contributed by atoms with E-state index in [2.05, 4.69) is 33.4 Å². The zero-order valence-corrected chi connectivity index (χ0v) is 11.7. The maximum Gasteiger partial charge on any atom is 0.407 e. The summed E-state index contributed by atoms with van der Waals surface area (Å²) in [4.78, 5) is 12.3. The Morgan fingerprint density at radius 2 is 2.17 bits per heavy atom.